The van der Waals surface area contributed by atoms with E-state index >= 15 is 0 Å². The average Bonchev–Trinajstić information content (AvgIpc) is 2.54. The van der Waals surface area contributed by atoms with Gasteiger partial charge in [0.05, 0.1) is 6.61 Å². The normalized spacial score (nSPS) is 39.6. The van der Waals surface area contributed by atoms with Crippen molar-refractivity contribution < 1.29 is 19.3 Å². The second-order valence-corrected chi connectivity index (χ2v) is 3.26. The molecule has 0 aromatic rings. The van der Waals surface area contributed by atoms with E-state index in [1.54, 1.807) is 6.08 Å². The van der Waals surface area contributed by atoms with Crippen LogP contribution in [-0.2, 0) is 14.2 Å². The molecule has 1 saturated heterocycles. The average molecular weight is 186 g/mol. The molecule has 0 aromatic heterocycles. The Morgan fingerprint density at radius 1 is 1.46 bits per heavy atom. The standard InChI is InChI=1S/C9H14O4/c10-9(5-3-7-12-9)13-8-4-1-2-6-11-8/h3,5,8,10H,1-2,4,6-7H2. The van der Waals surface area contributed by atoms with E-state index in [9.17, 15) is 5.11 Å². The molecule has 0 spiro atoms. The molecule has 13 heavy (non-hydrogen) atoms. The van der Waals surface area contributed by atoms with Crippen molar-refractivity contribution in [1.82, 2.24) is 0 Å². The third-order valence-electron chi connectivity index (χ3n) is 2.15. The summed E-state index contributed by atoms with van der Waals surface area (Å²) in [6, 6.07) is 0. The fraction of sp³-hybridized carbons (Fsp3) is 0.778. The molecule has 74 valence electrons. The van der Waals surface area contributed by atoms with Crippen molar-refractivity contribution in [3.63, 3.8) is 0 Å². The van der Waals surface area contributed by atoms with Crippen LogP contribution < -0.4 is 0 Å². The Hall–Kier alpha value is -0.420. The van der Waals surface area contributed by atoms with Crippen LogP contribution in [0.4, 0.5) is 0 Å². The highest BCUT2D eigenvalue weighted by atomic mass is 16.9. The highest BCUT2D eigenvalue weighted by Crippen LogP contribution is 2.23. The van der Waals surface area contributed by atoms with Crippen molar-refractivity contribution in [2.75, 3.05) is 13.2 Å². The number of aliphatic hydroxyl groups is 1. The summed E-state index contributed by atoms with van der Waals surface area (Å²) < 4.78 is 15.6. The van der Waals surface area contributed by atoms with Crippen LogP contribution in [0.5, 0.6) is 0 Å². The summed E-state index contributed by atoms with van der Waals surface area (Å²) in [6.07, 6.45) is 5.86. The molecule has 2 rings (SSSR count). The van der Waals surface area contributed by atoms with E-state index in [1.807, 2.05) is 0 Å². The predicted octanol–water partition coefficient (Wildman–Crippen LogP) is 0.762. The van der Waals surface area contributed by atoms with Crippen molar-refractivity contribution in [3.8, 4) is 0 Å². The van der Waals surface area contributed by atoms with Gasteiger partial charge < -0.3 is 14.6 Å². The summed E-state index contributed by atoms with van der Waals surface area (Å²) in [4.78, 5) is 0. The summed E-state index contributed by atoms with van der Waals surface area (Å²) in [5.41, 5.74) is 0. The van der Waals surface area contributed by atoms with Gasteiger partial charge in [-0.15, -0.1) is 0 Å². The van der Waals surface area contributed by atoms with Crippen LogP contribution in [-0.4, -0.2) is 30.6 Å². The van der Waals surface area contributed by atoms with Crippen molar-refractivity contribution in [1.29, 1.82) is 0 Å². The van der Waals surface area contributed by atoms with Crippen molar-refractivity contribution >= 4 is 0 Å². The Balaban J connectivity index is 1.85. The second kappa shape index (κ2) is 3.75. The van der Waals surface area contributed by atoms with Gasteiger partial charge in [0, 0.05) is 12.7 Å². The molecule has 0 radical (unpaired) electrons. The maximum atomic E-state index is 9.63. The highest BCUT2D eigenvalue weighted by molar-refractivity contribution is 4.96. The number of hydrogen-bond acceptors (Lipinski definition) is 4. The van der Waals surface area contributed by atoms with E-state index in [-0.39, 0.29) is 6.29 Å². The third kappa shape index (κ3) is 2.28. The van der Waals surface area contributed by atoms with E-state index in [0.29, 0.717) is 13.2 Å². The Morgan fingerprint density at radius 3 is 3.00 bits per heavy atom. The molecule has 4 nitrogen and oxygen atoms in total. The van der Waals surface area contributed by atoms with Gasteiger partial charge in [-0.05, 0) is 19.3 Å². The van der Waals surface area contributed by atoms with Crippen LogP contribution in [0.25, 0.3) is 0 Å². The molecule has 0 amide bonds. The fourth-order valence-corrected chi connectivity index (χ4v) is 1.48. The molecule has 0 aliphatic carbocycles. The van der Waals surface area contributed by atoms with Crippen LogP contribution in [0, 0.1) is 0 Å². The SMILES string of the molecule is OC1(OC2CCCCO2)C=CCO1. The molecule has 4 heteroatoms. The maximum Gasteiger partial charge on any atom is 0.304 e. The van der Waals surface area contributed by atoms with Crippen LogP contribution in [0.3, 0.4) is 0 Å². The monoisotopic (exact) mass is 186 g/mol. The van der Waals surface area contributed by atoms with Gasteiger partial charge in [-0.3, -0.25) is 4.74 Å². The molecule has 1 fully saturated rings. The van der Waals surface area contributed by atoms with Gasteiger partial charge in [-0.2, -0.15) is 0 Å². The zero-order valence-electron chi connectivity index (χ0n) is 7.44. The largest absolute Gasteiger partial charge is 0.352 e. The van der Waals surface area contributed by atoms with E-state index in [4.69, 9.17) is 14.2 Å². The summed E-state index contributed by atoms with van der Waals surface area (Å²) in [5.74, 6) is -1.55. The maximum absolute atomic E-state index is 9.63. The van der Waals surface area contributed by atoms with Crippen LogP contribution in [0.15, 0.2) is 12.2 Å². The van der Waals surface area contributed by atoms with Crippen LogP contribution in [0.1, 0.15) is 19.3 Å². The molecule has 0 saturated carbocycles. The summed E-state index contributed by atoms with van der Waals surface area (Å²) >= 11 is 0. The summed E-state index contributed by atoms with van der Waals surface area (Å²) in [7, 11) is 0. The lowest BCUT2D eigenvalue weighted by atomic mass is 10.2. The fourth-order valence-electron chi connectivity index (χ4n) is 1.48. The topological polar surface area (TPSA) is 47.9 Å². The minimum absolute atomic E-state index is 0.332. The molecule has 2 aliphatic rings. The Labute approximate surface area is 77.1 Å². The second-order valence-electron chi connectivity index (χ2n) is 3.26. The molecule has 2 aliphatic heterocycles. The van der Waals surface area contributed by atoms with Gasteiger partial charge in [-0.1, -0.05) is 6.08 Å². The van der Waals surface area contributed by atoms with E-state index < -0.39 is 5.97 Å². The first-order chi connectivity index (χ1) is 6.29. The molecule has 0 bridgehead atoms. The van der Waals surface area contributed by atoms with Crippen LogP contribution >= 0.6 is 0 Å². The van der Waals surface area contributed by atoms with Gasteiger partial charge in [-0.25, -0.2) is 0 Å². The molecule has 0 aromatic carbocycles. The third-order valence-corrected chi connectivity index (χ3v) is 2.15. The first kappa shape index (κ1) is 9.15. The van der Waals surface area contributed by atoms with Gasteiger partial charge in [0.2, 0.25) is 0 Å². The Bertz CT molecular complexity index is 198. The van der Waals surface area contributed by atoms with Gasteiger partial charge in [0.1, 0.15) is 0 Å². The Morgan fingerprint density at radius 2 is 2.38 bits per heavy atom. The lowest BCUT2D eigenvalue weighted by molar-refractivity contribution is -0.371. The first-order valence-electron chi connectivity index (χ1n) is 4.62. The lowest BCUT2D eigenvalue weighted by Crippen LogP contribution is -2.37. The van der Waals surface area contributed by atoms with Gasteiger partial charge >= 0.3 is 5.97 Å². The molecule has 1 N–H and O–H groups in total. The quantitative estimate of drug-likeness (QED) is 0.511. The molecular weight excluding hydrogens is 172 g/mol. The highest BCUT2D eigenvalue weighted by Gasteiger charge is 2.33. The van der Waals surface area contributed by atoms with Crippen molar-refractivity contribution in [2.45, 2.75) is 31.5 Å². The van der Waals surface area contributed by atoms with E-state index in [2.05, 4.69) is 0 Å². The summed E-state index contributed by atoms with van der Waals surface area (Å²) in [5, 5.41) is 9.63. The van der Waals surface area contributed by atoms with Crippen LogP contribution in [0.2, 0.25) is 0 Å². The minimum atomic E-state index is -1.55. The summed E-state index contributed by atoms with van der Waals surface area (Å²) in [6.45, 7) is 1.09. The van der Waals surface area contributed by atoms with E-state index in [1.165, 1.54) is 6.08 Å². The number of rotatable bonds is 2. The molecule has 2 heterocycles. The molecule has 2 atom stereocenters. The first-order valence-corrected chi connectivity index (χ1v) is 4.62. The van der Waals surface area contributed by atoms with Crippen molar-refractivity contribution in [3.05, 3.63) is 12.2 Å². The number of ether oxygens (including phenoxy) is 3. The predicted molar refractivity (Wildman–Crippen MR) is 44.7 cm³/mol. The zero-order chi connectivity index (χ0) is 9.15. The molecule has 2 unspecified atom stereocenters. The lowest BCUT2D eigenvalue weighted by Gasteiger charge is -2.29. The smallest absolute Gasteiger partial charge is 0.304 e. The zero-order valence-corrected chi connectivity index (χ0v) is 7.44. The van der Waals surface area contributed by atoms with Gasteiger partial charge in [0.25, 0.3) is 0 Å². The Kier molecular flexibility index (Phi) is 2.64. The van der Waals surface area contributed by atoms with Gasteiger partial charge in [0.15, 0.2) is 6.29 Å². The number of hydrogen-bond donors (Lipinski definition) is 1. The molecular formula is C9H14O4. The van der Waals surface area contributed by atoms with E-state index in [0.717, 1.165) is 19.3 Å². The van der Waals surface area contributed by atoms with Crippen molar-refractivity contribution in [2.24, 2.45) is 0 Å². The minimum Gasteiger partial charge on any atom is -0.352 e.